The fraction of sp³-hybridized carbons (Fsp3) is 0.118. The number of para-hydroxylation sites is 2. The largest absolute Gasteiger partial charge is 0.477 e. The summed E-state index contributed by atoms with van der Waals surface area (Å²) >= 11 is 1.18. The highest BCUT2D eigenvalue weighted by Gasteiger charge is 2.16. The number of nitro groups is 1. The third kappa shape index (κ3) is 4.18. The molecule has 1 N–H and O–H groups in total. The molecule has 9 nitrogen and oxygen atoms in total. The van der Waals surface area contributed by atoms with Gasteiger partial charge in [-0.25, -0.2) is 9.78 Å². The second-order valence-corrected chi connectivity index (χ2v) is 6.29. The molecule has 2 aromatic carbocycles. The molecule has 0 unspecified atom stereocenters. The summed E-state index contributed by atoms with van der Waals surface area (Å²) in [6.45, 7) is -0.409. The molecule has 0 atom stereocenters. The maximum Gasteiger partial charge on any atom is 0.337 e. The van der Waals surface area contributed by atoms with Crippen molar-refractivity contribution in [3.63, 3.8) is 0 Å². The smallest absolute Gasteiger partial charge is 0.337 e. The van der Waals surface area contributed by atoms with E-state index in [0.29, 0.717) is 20.9 Å². The van der Waals surface area contributed by atoms with Crippen molar-refractivity contribution in [2.45, 2.75) is 0 Å². The number of ether oxygens (including phenoxy) is 2. The molecule has 1 aromatic heterocycles. The van der Waals surface area contributed by atoms with Crippen LogP contribution in [0.5, 0.6) is 5.75 Å². The lowest BCUT2D eigenvalue weighted by Crippen LogP contribution is -2.20. The van der Waals surface area contributed by atoms with Crippen LogP contribution in [0.1, 0.15) is 10.4 Å². The van der Waals surface area contributed by atoms with Gasteiger partial charge in [-0.15, -0.1) is 0 Å². The Labute approximate surface area is 156 Å². The molecule has 3 rings (SSSR count). The van der Waals surface area contributed by atoms with Gasteiger partial charge in [-0.05, 0) is 24.3 Å². The minimum absolute atomic E-state index is 0.00432. The Morgan fingerprint density at radius 2 is 2.04 bits per heavy atom. The second-order valence-electron chi connectivity index (χ2n) is 5.25. The van der Waals surface area contributed by atoms with Crippen molar-refractivity contribution in [2.24, 2.45) is 0 Å². The van der Waals surface area contributed by atoms with Crippen molar-refractivity contribution in [1.29, 1.82) is 0 Å². The number of esters is 1. The van der Waals surface area contributed by atoms with Crippen LogP contribution in [0.3, 0.4) is 0 Å². The molecule has 0 bridgehead atoms. The lowest BCUT2D eigenvalue weighted by atomic mass is 10.2. The van der Waals surface area contributed by atoms with Gasteiger partial charge >= 0.3 is 11.7 Å². The minimum atomic E-state index is -0.584. The molecular formula is C17H13N3O6S. The van der Waals surface area contributed by atoms with Crippen LogP contribution in [0.15, 0.2) is 42.5 Å². The van der Waals surface area contributed by atoms with Crippen LogP contribution in [-0.4, -0.2) is 35.5 Å². The number of hydrogen-bond acceptors (Lipinski definition) is 8. The van der Waals surface area contributed by atoms with Gasteiger partial charge in [0.15, 0.2) is 17.5 Å². The topological polar surface area (TPSA) is 121 Å². The predicted molar refractivity (Wildman–Crippen MR) is 98.2 cm³/mol. The number of nitrogens with one attached hydrogen (secondary N) is 1. The molecule has 0 aliphatic carbocycles. The normalized spacial score (nSPS) is 10.4. The van der Waals surface area contributed by atoms with E-state index < -0.39 is 23.4 Å². The highest BCUT2D eigenvalue weighted by Crippen LogP contribution is 2.28. The summed E-state index contributed by atoms with van der Waals surface area (Å²) in [5.74, 6) is -0.973. The van der Waals surface area contributed by atoms with E-state index in [4.69, 9.17) is 4.74 Å². The van der Waals surface area contributed by atoms with E-state index in [-0.39, 0.29) is 11.4 Å². The average Bonchev–Trinajstić information content (AvgIpc) is 3.07. The summed E-state index contributed by atoms with van der Waals surface area (Å²) in [6, 6.07) is 10.6. The Kier molecular flexibility index (Phi) is 5.27. The van der Waals surface area contributed by atoms with Gasteiger partial charge < -0.3 is 9.47 Å². The van der Waals surface area contributed by atoms with Crippen LogP contribution in [0.2, 0.25) is 0 Å². The Morgan fingerprint density at radius 3 is 2.78 bits per heavy atom. The number of amides is 1. The number of aromatic nitrogens is 1. The number of thiazole rings is 1. The molecular weight excluding hydrogens is 374 g/mol. The molecule has 10 heteroatoms. The lowest BCUT2D eigenvalue weighted by molar-refractivity contribution is -0.385. The Morgan fingerprint density at radius 1 is 1.26 bits per heavy atom. The highest BCUT2D eigenvalue weighted by atomic mass is 32.1. The summed E-state index contributed by atoms with van der Waals surface area (Å²) in [4.78, 5) is 38.2. The fourth-order valence-corrected chi connectivity index (χ4v) is 3.17. The molecule has 0 aliphatic heterocycles. The summed E-state index contributed by atoms with van der Waals surface area (Å²) in [5.41, 5.74) is 0.773. The van der Waals surface area contributed by atoms with Gasteiger partial charge in [0.05, 0.1) is 27.8 Å². The second kappa shape index (κ2) is 7.79. The van der Waals surface area contributed by atoms with Gasteiger partial charge in [-0.3, -0.25) is 20.2 Å². The third-order valence-corrected chi connectivity index (χ3v) is 4.41. The van der Waals surface area contributed by atoms with E-state index in [0.717, 1.165) is 0 Å². The number of benzene rings is 2. The molecule has 27 heavy (non-hydrogen) atoms. The number of carbonyl (C=O) groups excluding carboxylic acids is 2. The van der Waals surface area contributed by atoms with Gasteiger partial charge in [0.2, 0.25) is 0 Å². The zero-order valence-electron chi connectivity index (χ0n) is 14.0. The van der Waals surface area contributed by atoms with E-state index in [1.54, 1.807) is 24.3 Å². The molecule has 0 radical (unpaired) electrons. The van der Waals surface area contributed by atoms with Crippen molar-refractivity contribution in [3.05, 3.63) is 58.1 Å². The number of nitro benzene ring substituents is 1. The van der Waals surface area contributed by atoms with E-state index >= 15 is 0 Å². The maximum absolute atomic E-state index is 12.1. The molecule has 0 aliphatic rings. The van der Waals surface area contributed by atoms with Crippen molar-refractivity contribution in [2.75, 3.05) is 19.0 Å². The zero-order chi connectivity index (χ0) is 19.4. The first-order chi connectivity index (χ1) is 13.0. The van der Waals surface area contributed by atoms with Crippen molar-refractivity contribution in [3.8, 4) is 5.75 Å². The zero-order valence-corrected chi connectivity index (χ0v) is 14.8. The van der Waals surface area contributed by atoms with Crippen LogP contribution >= 0.6 is 11.3 Å². The minimum Gasteiger partial charge on any atom is -0.477 e. The number of anilines is 1. The quantitative estimate of drug-likeness (QED) is 0.392. The molecule has 0 fully saturated rings. The van der Waals surface area contributed by atoms with Gasteiger partial charge in [0.1, 0.15) is 0 Å². The van der Waals surface area contributed by atoms with Crippen LogP contribution in [0.4, 0.5) is 10.8 Å². The van der Waals surface area contributed by atoms with E-state index in [1.165, 1.54) is 36.6 Å². The maximum atomic E-state index is 12.1. The van der Waals surface area contributed by atoms with Crippen molar-refractivity contribution in [1.82, 2.24) is 4.98 Å². The monoisotopic (exact) mass is 387 g/mol. The first-order valence-corrected chi connectivity index (χ1v) is 8.44. The SMILES string of the molecule is COC(=O)c1ccc2nc(NC(=O)COc3ccccc3[N+](=O)[O-])sc2c1. The van der Waals surface area contributed by atoms with E-state index in [9.17, 15) is 19.7 Å². The van der Waals surface area contributed by atoms with Crippen LogP contribution in [-0.2, 0) is 9.53 Å². The van der Waals surface area contributed by atoms with Crippen molar-refractivity contribution < 1.29 is 24.0 Å². The number of hydrogen-bond donors (Lipinski definition) is 1. The molecule has 0 saturated carbocycles. The number of nitrogens with zero attached hydrogens (tertiary/aromatic N) is 2. The fourth-order valence-electron chi connectivity index (χ4n) is 2.25. The number of fused-ring (bicyclic) bond motifs is 1. The highest BCUT2D eigenvalue weighted by molar-refractivity contribution is 7.22. The summed E-state index contributed by atoms with van der Waals surface area (Å²) < 4.78 is 10.6. The van der Waals surface area contributed by atoms with Crippen LogP contribution in [0, 0.1) is 10.1 Å². The summed E-state index contributed by atoms with van der Waals surface area (Å²) in [7, 11) is 1.29. The van der Waals surface area contributed by atoms with Crippen molar-refractivity contribution >= 4 is 44.2 Å². The lowest BCUT2D eigenvalue weighted by Gasteiger charge is -2.05. The first kappa shape index (κ1) is 18.3. The Bertz CT molecular complexity index is 1030. The van der Waals surface area contributed by atoms with Crippen LogP contribution < -0.4 is 10.1 Å². The van der Waals surface area contributed by atoms with E-state index in [1.807, 2.05) is 0 Å². The number of rotatable bonds is 6. The van der Waals surface area contributed by atoms with Crippen LogP contribution in [0.25, 0.3) is 10.2 Å². The van der Waals surface area contributed by atoms with Gasteiger partial charge in [0.25, 0.3) is 5.91 Å². The molecule has 3 aromatic rings. The molecule has 1 heterocycles. The average molecular weight is 387 g/mol. The summed E-state index contributed by atoms with van der Waals surface area (Å²) in [5, 5.41) is 13.8. The Balaban J connectivity index is 1.67. The molecule has 0 spiro atoms. The standard InChI is InChI=1S/C17H13N3O6S/c1-25-16(22)10-6-7-11-14(8-10)27-17(18-11)19-15(21)9-26-13-5-3-2-4-12(13)20(23)24/h2-8H,9H2,1H3,(H,18,19,21). The summed E-state index contributed by atoms with van der Waals surface area (Å²) in [6.07, 6.45) is 0. The Hall–Kier alpha value is -3.53. The van der Waals surface area contributed by atoms with Gasteiger partial charge in [-0.2, -0.15) is 0 Å². The number of carbonyl (C=O) groups is 2. The third-order valence-electron chi connectivity index (χ3n) is 3.48. The molecule has 0 saturated heterocycles. The molecule has 138 valence electrons. The predicted octanol–water partition coefficient (Wildman–Crippen LogP) is 3.01. The molecule has 1 amide bonds. The number of methoxy groups -OCH3 is 1. The van der Waals surface area contributed by atoms with Gasteiger partial charge in [0, 0.05) is 6.07 Å². The first-order valence-electron chi connectivity index (χ1n) is 7.63. The van der Waals surface area contributed by atoms with Gasteiger partial charge in [-0.1, -0.05) is 23.5 Å². The van der Waals surface area contributed by atoms with E-state index in [2.05, 4.69) is 15.0 Å².